The largest absolute Gasteiger partial charge is 0.481 e. The first-order chi connectivity index (χ1) is 6.70. The molecule has 0 unspecified atom stereocenters. The minimum Gasteiger partial charge on any atom is -0.481 e. The molecule has 2 heterocycles. The molecule has 0 spiro atoms. The molecule has 14 heavy (non-hydrogen) atoms. The molecule has 2 rings (SSSR count). The molecule has 0 aliphatic carbocycles. The molecule has 0 atom stereocenters. The zero-order valence-corrected chi connectivity index (χ0v) is 8.67. The van der Waals surface area contributed by atoms with Gasteiger partial charge < -0.3 is 4.74 Å². The Morgan fingerprint density at radius 1 is 1.29 bits per heavy atom. The van der Waals surface area contributed by atoms with Crippen LogP contribution in [0.5, 0.6) is 5.88 Å². The molecule has 0 radical (unpaired) electrons. The lowest BCUT2D eigenvalue weighted by Crippen LogP contribution is -1.91. The minimum absolute atomic E-state index is 0.508. The van der Waals surface area contributed by atoms with Gasteiger partial charge in [0, 0.05) is 11.8 Å². The van der Waals surface area contributed by atoms with Crippen LogP contribution in [0.1, 0.15) is 5.69 Å². The zero-order valence-electron chi connectivity index (χ0n) is 7.91. The van der Waals surface area contributed by atoms with Gasteiger partial charge in [-0.1, -0.05) is 11.6 Å². The Hall–Kier alpha value is -1.35. The van der Waals surface area contributed by atoms with E-state index in [1.807, 2.05) is 19.1 Å². The average Bonchev–Trinajstić information content (AvgIpc) is 2.19. The van der Waals surface area contributed by atoms with Gasteiger partial charge >= 0.3 is 0 Å². The first-order valence-electron chi connectivity index (χ1n) is 4.18. The standard InChI is InChI=1S/C10H9ClN2O/c1-6-3-4-8-10(12-6)7(11)5-9(13-8)14-2/h3-5H,1-2H3. The molecule has 0 aliphatic heterocycles. The third-order valence-electron chi connectivity index (χ3n) is 1.93. The second kappa shape index (κ2) is 3.42. The molecule has 0 aliphatic rings. The highest BCUT2D eigenvalue weighted by atomic mass is 35.5. The Bertz CT molecular complexity index is 485. The molecular weight excluding hydrogens is 200 g/mol. The molecule has 0 amide bonds. The van der Waals surface area contributed by atoms with Gasteiger partial charge in [-0.05, 0) is 19.1 Å². The summed E-state index contributed by atoms with van der Waals surface area (Å²) in [5, 5.41) is 0.565. The fourth-order valence-corrected chi connectivity index (χ4v) is 1.48. The quantitative estimate of drug-likeness (QED) is 0.723. The summed E-state index contributed by atoms with van der Waals surface area (Å²) in [4.78, 5) is 8.53. The smallest absolute Gasteiger partial charge is 0.215 e. The van der Waals surface area contributed by atoms with E-state index >= 15 is 0 Å². The highest BCUT2D eigenvalue weighted by Crippen LogP contribution is 2.24. The number of pyridine rings is 2. The van der Waals surface area contributed by atoms with Crippen LogP contribution >= 0.6 is 11.6 Å². The van der Waals surface area contributed by atoms with Gasteiger partial charge in [-0.25, -0.2) is 9.97 Å². The molecule has 0 N–H and O–H groups in total. The first kappa shape index (κ1) is 9.21. The van der Waals surface area contributed by atoms with E-state index in [2.05, 4.69) is 9.97 Å². The van der Waals surface area contributed by atoms with E-state index in [1.165, 1.54) is 0 Å². The molecule has 0 fully saturated rings. The fourth-order valence-electron chi connectivity index (χ4n) is 1.25. The average molecular weight is 209 g/mol. The highest BCUT2D eigenvalue weighted by Gasteiger charge is 2.05. The number of hydrogen-bond donors (Lipinski definition) is 0. The van der Waals surface area contributed by atoms with E-state index in [9.17, 15) is 0 Å². The molecule has 0 saturated heterocycles. The van der Waals surface area contributed by atoms with E-state index < -0.39 is 0 Å². The van der Waals surface area contributed by atoms with Crippen LogP contribution < -0.4 is 4.74 Å². The molecule has 0 bridgehead atoms. The maximum absolute atomic E-state index is 6.03. The molecule has 0 saturated carbocycles. The summed E-state index contributed by atoms with van der Waals surface area (Å²) in [6, 6.07) is 5.44. The number of halogens is 1. The van der Waals surface area contributed by atoms with Gasteiger partial charge in [-0.2, -0.15) is 0 Å². The summed E-state index contributed by atoms with van der Waals surface area (Å²) in [6.45, 7) is 1.92. The van der Waals surface area contributed by atoms with Crippen LogP contribution in [-0.4, -0.2) is 17.1 Å². The maximum Gasteiger partial charge on any atom is 0.215 e. The second-order valence-corrected chi connectivity index (χ2v) is 3.37. The third-order valence-corrected chi connectivity index (χ3v) is 2.22. The molecule has 72 valence electrons. The first-order valence-corrected chi connectivity index (χ1v) is 4.56. The Labute approximate surface area is 86.7 Å². The van der Waals surface area contributed by atoms with Crippen LogP contribution in [0, 0.1) is 6.92 Å². The lowest BCUT2D eigenvalue weighted by atomic mass is 10.3. The number of fused-ring (bicyclic) bond motifs is 1. The predicted molar refractivity (Wildman–Crippen MR) is 55.8 cm³/mol. The van der Waals surface area contributed by atoms with Crippen LogP contribution in [0.4, 0.5) is 0 Å². The van der Waals surface area contributed by atoms with Crippen molar-refractivity contribution in [3.63, 3.8) is 0 Å². The summed E-state index contributed by atoms with van der Waals surface area (Å²) < 4.78 is 5.01. The number of aryl methyl sites for hydroxylation is 1. The van der Waals surface area contributed by atoms with E-state index in [1.54, 1.807) is 13.2 Å². The highest BCUT2D eigenvalue weighted by molar-refractivity contribution is 6.34. The molecule has 2 aromatic rings. The number of ether oxygens (including phenoxy) is 1. The summed E-state index contributed by atoms with van der Waals surface area (Å²) in [6.07, 6.45) is 0. The summed E-state index contributed by atoms with van der Waals surface area (Å²) in [5.41, 5.74) is 2.39. The van der Waals surface area contributed by atoms with E-state index in [0.717, 1.165) is 11.2 Å². The Morgan fingerprint density at radius 3 is 2.79 bits per heavy atom. The number of rotatable bonds is 1. The monoisotopic (exact) mass is 208 g/mol. The van der Waals surface area contributed by atoms with Crippen LogP contribution in [0.15, 0.2) is 18.2 Å². The minimum atomic E-state index is 0.508. The number of hydrogen-bond acceptors (Lipinski definition) is 3. The zero-order chi connectivity index (χ0) is 10.1. The predicted octanol–water partition coefficient (Wildman–Crippen LogP) is 2.60. The van der Waals surface area contributed by atoms with Crippen LogP contribution in [0.2, 0.25) is 5.02 Å². The van der Waals surface area contributed by atoms with Crippen molar-refractivity contribution < 1.29 is 4.74 Å². The van der Waals surface area contributed by atoms with Gasteiger partial charge in [0.1, 0.15) is 5.52 Å². The van der Waals surface area contributed by atoms with Crippen LogP contribution in [0.3, 0.4) is 0 Å². The van der Waals surface area contributed by atoms with Crippen molar-refractivity contribution in [2.24, 2.45) is 0 Å². The van der Waals surface area contributed by atoms with Crippen molar-refractivity contribution in [1.82, 2.24) is 9.97 Å². The number of nitrogens with zero attached hydrogens (tertiary/aromatic N) is 2. The maximum atomic E-state index is 6.03. The molecule has 4 heteroatoms. The lowest BCUT2D eigenvalue weighted by Gasteiger charge is -2.03. The number of methoxy groups -OCH3 is 1. The Balaban J connectivity index is 2.76. The Kier molecular flexibility index (Phi) is 2.25. The van der Waals surface area contributed by atoms with Crippen molar-refractivity contribution in [1.29, 1.82) is 0 Å². The summed E-state index contributed by atoms with van der Waals surface area (Å²) >= 11 is 6.03. The van der Waals surface area contributed by atoms with Crippen molar-refractivity contribution in [3.8, 4) is 5.88 Å². The van der Waals surface area contributed by atoms with Crippen LogP contribution in [-0.2, 0) is 0 Å². The van der Waals surface area contributed by atoms with Crippen molar-refractivity contribution >= 4 is 22.6 Å². The number of aromatic nitrogens is 2. The SMILES string of the molecule is COc1cc(Cl)c2nc(C)ccc2n1. The summed E-state index contributed by atoms with van der Waals surface area (Å²) in [5.74, 6) is 0.508. The lowest BCUT2D eigenvalue weighted by molar-refractivity contribution is 0.399. The van der Waals surface area contributed by atoms with Gasteiger partial charge in [0.15, 0.2) is 0 Å². The fraction of sp³-hybridized carbons (Fsp3) is 0.200. The van der Waals surface area contributed by atoms with Crippen molar-refractivity contribution in [2.45, 2.75) is 6.92 Å². The van der Waals surface area contributed by atoms with Crippen molar-refractivity contribution in [2.75, 3.05) is 7.11 Å². The van der Waals surface area contributed by atoms with E-state index in [0.29, 0.717) is 16.4 Å². The topological polar surface area (TPSA) is 35.0 Å². The van der Waals surface area contributed by atoms with Gasteiger partial charge in [-0.3, -0.25) is 0 Å². The van der Waals surface area contributed by atoms with E-state index in [-0.39, 0.29) is 0 Å². The van der Waals surface area contributed by atoms with Crippen LogP contribution in [0.25, 0.3) is 11.0 Å². The van der Waals surface area contributed by atoms with Gasteiger partial charge in [0.2, 0.25) is 5.88 Å². The van der Waals surface area contributed by atoms with Gasteiger partial charge in [-0.15, -0.1) is 0 Å². The molecule has 2 aromatic heterocycles. The molecule has 0 aromatic carbocycles. The molecular formula is C10H9ClN2O. The Morgan fingerprint density at radius 2 is 2.07 bits per heavy atom. The van der Waals surface area contributed by atoms with Gasteiger partial charge in [0.25, 0.3) is 0 Å². The summed E-state index contributed by atoms with van der Waals surface area (Å²) in [7, 11) is 1.56. The third kappa shape index (κ3) is 1.51. The van der Waals surface area contributed by atoms with Gasteiger partial charge in [0.05, 0.1) is 17.6 Å². The second-order valence-electron chi connectivity index (χ2n) is 2.97. The van der Waals surface area contributed by atoms with Crippen molar-refractivity contribution in [3.05, 3.63) is 28.9 Å². The normalized spacial score (nSPS) is 10.5. The van der Waals surface area contributed by atoms with E-state index in [4.69, 9.17) is 16.3 Å². The molecule has 3 nitrogen and oxygen atoms in total.